The van der Waals surface area contributed by atoms with Gasteiger partial charge in [-0.15, -0.1) is 0 Å². The second-order valence-corrected chi connectivity index (χ2v) is 9.19. The van der Waals surface area contributed by atoms with Crippen LogP contribution in [0.1, 0.15) is 37.6 Å². The van der Waals surface area contributed by atoms with Crippen molar-refractivity contribution in [1.82, 2.24) is 15.0 Å². The summed E-state index contributed by atoms with van der Waals surface area (Å²) in [5, 5.41) is 4.06. The number of hydrogen-bond donors (Lipinski definition) is 0. The van der Waals surface area contributed by atoms with Gasteiger partial charge >= 0.3 is 0 Å². The number of carbonyl (C=O) groups is 1. The quantitative estimate of drug-likeness (QED) is 0.817. The average Bonchev–Trinajstić information content (AvgIpc) is 3.28. The van der Waals surface area contributed by atoms with Crippen molar-refractivity contribution in [2.75, 3.05) is 18.1 Å². The fourth-order valence-electron chi connectivity index (χ4n) is 3.75. The number of hydrogen-bond acceptors (Lipinski definition) is 6. The van der Waals surface area contributed by atoms with Crippen LogP contribution in [0.25, 0.3) is 11.4 Å². The monoisotopic (exact) mass is 375 g/mol. The summed E-state index contributed by atoms with van der Waals surface area (Å²) in [5.74, 6) is 0.432. The maximum Gasteiger partial charge on any atom is 0.249 e. The number of aromatic nitrogens is 2. The molecule has 7 nitrogen and oxygen atoms in total. The third kappa shape index (κ3) is 3.38. The van der Waals surface area contributed by atoms with Crippen molar-refractivity contribution in [1.29, 1.82) is 0 Å². The van der Waals surface area contributed by atoms with Gasteiger partial charge in [0, 0.05) is 12.1 Å². The number of sulfone groups is 1. The zero-order valence-corrected chi connectivity index (χ0v) is 15.2. The van der Waals surface area contributed by atoms with E-state index < -0.39 is 15.8 Å². The molecule has 3 heterocycles. The Labute approximate surface area is 152 Å². The summed E-state index contributed by atoms with van der Waals surface area (Å²) in [6.45, 7) is 0.600. The molecule has 1 aromatic heterocycles. The molecule has 1 aromatic carbocycles. The van der Waals surface area contributed by atoms with E-state index in [0.717, 1.165) is 24.8 Å². The number of piperidine rings is 1. The lowest BCUT2D eigenvalue weighted by molar-refractivity contribution is -0.139. The van der Waals surface area contributed by atoms with Gasteiger partial charge in [0.05, 0.1) is 17.4 Å². The van der Waals surface area contributed by atoms with Crippen LogP contribution in [0.4, 0.5) is 0 Å². The fourth-order valence-corrected chi connectivity index (χ4v) is 5.48. The van der Waals surface area contributed by atoms with Gasteiger partial charge in [0.25, 0.3) is 0 Å². The van der Waals surface area contributed by atoms with Gasteiger partial charge in [-0.25, -0.2) is 8.42 Å². The van der Waals surface area contributed by atoms with E-state index in [2.05, 4.69) is 10.1 Å². The lowest BCUT2D eigenvalue weighted by Gasteiger charge is -2.34. The maximum atomic E-state index is 12.9. The third-order valence-corrected chi connectivity index (χ3v) is 6.89. The van der Waals surface area contributed by atoms with Crippen LogP contribution in [0, 0.1) is 5.92 Å². The third-order valence-electron chi connectivity index (χ3n) is 5.13. The highest BCUT2D eigenvalue weighted by Crippen LogP contribution is 2.34. The Balaban J connectivity index is 1.56. The van der Waals surface area contributed by atoms with Gasteiger partial charge in [-0.3, -0.25) is 4.79 Å². The van der Waals surface area contributed by atoms with Gasteiger partial charge in [0.15, 0.2) is 9.84 Å². The minimum absolute atomic E-state index is 0.0475. The molecule has 0 unspecified atom stereocenters. The molecular weight excluding hydrogens is 354 g/mol. The van der Waals surface area contributed by atoms with Crippen LogP contribution in [0.2, 0.25) is 0 Å². The van der Waals surface area contributed by atoms with Gasteiger partial charge in [-0.2, -0.15) is 4.98 Å². The molecule has 2 aliphatic heterocycles. The predicted molar refractivity (Wildman–Crippen MR) is 94.8 cm³/mol. The number of carbonyl (C=O) groups excluding carboxylic acids is 1. The van der Waals surface area contributed by atoms with Crippen LogP contribution in [-0.2, 0) is 14.6 Å². The summed E-state index contributed by atoms with van der Waals surface area (Å²) in [4.78, 5) is 19.2. The lowest BCUT2D eigenvalue weighted by Crippen LogP contribution is -2.42. The molecule has 4 rings (SSSR count). The second-order valence-electron chi connectivity index (χ2n) is 6.97. The molecule has 1 amide bonds. The van der Waals surface area contributed by atoms with Crippen molar-refractivity contribution >= 4 is 15.7 Å². The largest absolute Gasteiger partial charge is 0.337 e. The Morgan fingerprint density at radius 2 is 1.96 bits per heavy atom. The Kier molecular flexibility index (Phi) is 4.52. The first-order valence-electron chi connectivity index (χ1n) is 8.93. The van der Waals surface area contributed by atoms with E-state index in [1.807, 2.05) is 30.3 Å². The average molecular weight is 375 g/mol. The van der Waals surface area contributed by atoms with Gasteiger partial charge in [0.1, 0.15) is 6.04 Å². The van der Waals surface area contributed by atoms with Crippen molar-refractivity contribution in [3.05, 3.63) is 36.2 Å². The van der Waals surface area contributed by atoms with Gasteiger partial charge < -0.3 is 9.42 Å². The van der Waals surface area contributed by atoms with Crippen molar-refractivity contribution < 1.29 is 17.7 Å². The predicted octanol–water partition coefficient (Wildman–Crippen LogP) is 2.22. The first kappa shape index (κ1) is 17.2. The standard InChI is InChI=1S/C18H21N3O4S/c22-18(14-9-11-26(23,24)12-14)21-10-5-4-8-15(21)17-19-16(20-25-17)13-6-2-1-3-7-13/h1-3,6-7,14-15H,4-5,8-12H2/t14-,15+/m0/s1. The number of benzene rings is 1. The van der Waals surface area contributed by atoms with E-state index >= 15 is 0 Å². The second kappa shape index (κ2) is 6.83. The van der Waals surface area contributed by atoms with Crippen LogP contribution in [0.15, 0.2) is 34.9 Å². The van der Waals surface area contributed by atoms with Crippen LogP contribution in [-0.4, -0.2) is 47.4 Å². The molecule has 8 heteroatoms. The zero-order chi connectivity index (χ0) is 18.1. The molecule has 0 saturated carbocycles. The van der Waals surface area contributed by atoms with E-state index in [4.69, 9.17) is 4.52 Å². The van der Waals surface area contributed by atoms with Crippen LogP contribution in [0.3, 0.4) is 0 Å². The minimum atomic E-state index is -3.09. The molecule has 2 atom stereocenters. The molecule has 2 fully saturated rings. The first-order valence-corrected chi connectivity index (χ1v) is 10.8. The minimum Gasteiger partial charge on any atom is -0.337 e. The van der Waals surface area contributed by atoms with Crippen molar-refractivity contribution in [2.24, 2.45) is 5.92 Å². The fraction of sp³-hybridized carbons (Fsp3) is 0.500. The highest BCUT2D eigenvalue weighted by molar-refractivity contribution is 7.91. The normalized spacial score (nSPS) is 25.3. The molecule has 2 aromatic rings. The van der Waals surface area contributed by atoms with E-state index in [0.29, 0.717) is 24.7 Å². The summed E-state index contributed by atoms with van der Waals surface area (Å²) in [5.41, 5.74) is 0.859. The van der Waals surface area contributed by atoms with Gasteiger partial charge in [-0.1, -0.05) is 35.5 Å². The van der Waals surface area contributed by atoms with E-state index in [1.165, 1.54) is 0 Å². The molecule has 0 N–H and O–H groups in total. The summed E-state index contributed by atoms with van der Waals surface area (Å²) < 4.78 is 28.9. The maximum absolute atomic E-state index is 12.9. The van der Waals surface area contributed by atoms with E-state index in [9.17, 15) is 13.2 Å². The Bertz CT molecular complexity index is 894. The van der Waals surface area contributed by atoms with E-state index in [1.54, 1.807) is 4.90 Å². The topological polar surface area (TPSA) is 93.4 Å². The Morgan fingerprint density at radius 1 is 1.15 bits per heavy atom. The van der Waals surface area contributed by atoms with E-state index in [-0.39, 0.29) is 23.5 Å². The molecular formula is C18H21N3O4S. The SMILES string of the molecule is O=C([C@H]1CCS(=O)(=O)C1)N1CCCC[C@@H]1c1nc(-c2ccccc2)no1. The molecule has 2 saturated heterocycles. The van der Waals surface area contributed by atoms with Crippen LogP contribution in [0.5, 0.6) is 0 Å². The smallest absolute Gasteiger partial charge is 0.249 e. The summed E-state index contributed by atoms with van der Waals surface area (Å²) in [7, 11) is -3.09. The van der Waals surface area contributed by atoms with Crippen LogP contribution < -0.4 is 0 Å². The van der Waals surface area contributed by atoms with Gasteiger partial charge in [-0.05, 0) is 25.7 Å². The molecule has 0 bridgehead atoms. The van der Waals surface area contributed by atoms with Crippen molar-refractivity contribution in [2.45, 2.75) is 31.7 Å². The molecule has 2 aliphatic rings. The van der Waals surface area contributed by atoms with Gasteiger partial charge in [0.2, 0.25) is 17.6 Å². The Morgan fingerprint density at radius 3 is 2.69 bits per heavy atom. The summed E-state index contributed by atoms with van der Waals surface area (Å²) in [6, 6.07) is 9.26. The van der Waals surface area contributed by atoms with Crippen molar-refractivity contribution in [3.8, 4) is 11.4 Å². The van der Waals surface area contributed by atoms with Crippen molar-refractivity contribution in [3.63, 3.8) is 0 Å². The highest BCUT2D eigenvalue weighted by Gasteiger charge is 2.40. The summed E-state index contributed by atoms with van der Waals surface area (Å²) in [6.07, 6.45) is 3.03. The number of likely N-dealkylation sites (tertiary alicyclic amines) is 1. The molecule has 138 valence electrons. The highest BCUT2D eigenvalue weighted by atomic mass is 32.2. The molecule has 0 spiro atoms. The Hall–Kier alpha value is -2.22. The molecule has 0 radical (unpaired) electrons. The number of nitrogens with zero attached hydrogens (tertiary/aromatic N) is 3. The van der Waals surface area contributed by atoms with Crippen LogP contribution >= 0.6 is 0 Å². The number of amides is 1. The zero-order valence-electron chi connectivity index (χ0n) is 14.4. The number of rotatable bonds is 3. The lowest BCUT2D eigenvalue weighted by atomic mass is 9.98. The molecule has 0 aliphatic carbocycles. The first-order chi connectivity index (χ1) is 12.5. The summed E-state index contributed by atoms with van der Waals surface area (Å²) >= 11 is 0. The molecule has 26 heavy (non-hydrogen) atoms.